The van der Waals surface area contributed by atoms with Crippen LogP contribution in [0.15, 0.2) is 42.7 Å². The van der Waals surface area contributed by atoms with Gasteiger partial charge in [-0.1, -0.05) is 30.3 Å². The highest BCUT2D eigenvalue weighted by Gasteiger charge is 2.32. The topological polar surface area (TPSA) is 71.0 Å². The average Bonchev–Trinajstić information content (AvgIpc) is 3.16. The minimum Gasteiger partial charge on any atom is -0.349 e. The van der Waals surface area contributed by atoms with Crippen LogP contribution >= 0.6 is 24.8 Å². The van der Waals surface area contributed by atoms with Gasteiger partial charge in [-0.05, 0) is 56.3 Å². The van der Waals surface area contributed by atoms with E-state index in [9.17, 15) is 4.79 Å². The van der Waals surface area contributed by atoms with Crippen LogP contribution in [-0.2, 0) is 17.9 Å². The number of rotatable bonds is 8. The first kappa shape index (κ1) is 24.7. The summed E-state index contributed by atoms with van der Waals surface area (Å²) in [6.07, 6.45) is 7.69. The molecule has 0 aliphatic carbocycles. The minimum atomic E-state index is 0. The molecule has 0 unspecified atom stereocenters. The molecule has 2 saturated heterocycles. The van der Waals surface area contributed by atoms with E-state index in [4.69, 9.17) is 0 Å². The zero-order valence-corrected chi connectivity index (χ0v) is 18.9. The maximum atomic E-state index is 12.3. The quantitative estimate of drug-likeness (QED) is 0.574. The number of nitrogens with zero attached hydrogens (tertiary/aromatic N) is 2. The van der Waals surface area contributed by atoms with Crippen molar-refractivity contribution in [1.29, 1.82) is 0 Å². The number of hydrogen-bond donors (Lipinski definition) is 3. The van der Waals surface area contributed by atoms with Crippen molar-refractivity contribution in [2.75, 3.05) is 19.6 Å². The summed E-state index contributed by atoms with van der Waals surface area (Å²) in [6, 6.07) is 10.9. The number of aromatic nitrogens is 2. The molecule has 0 spiro atoms. The zero-order chi connectivity index (χ0) is 19.2. The number of carbonyl (C=O) groups is 1. The Morgan fingerprint density at radius 3 is 2.83 bits per heavy atom. The van der Waals surface area contributed by atoms with Crippen molar-refractivity contribution < 1.29 is 4.79 Å². The highest BCUT2D eigenvalue weighted by atomic mass is 35.5. The van der Waals surface area contributed by atoms with E-state index in [0.29, 0.717) is 19.0 Å². The van der Waals surface area contributed by atoms with Gasteiger partial charge in [0.05, 0.1) is 6.54 Å². The fourth-order valence-corrected chi connectivity index (χ4v) is 4.53. The summed E-state index contributed by atoms with van der Waals surface area (Å²) < 4.78 is 2.09. The normalized spacial score (nSPS) is 22.5. The van der Waals surface area contributed by atoms with Gasteiger partial charge < -0.3 is 20.5 Å². The largest absolute Gasteiger partial charge is 0.349 e. The number of hydrogen-bond acceptors (Lipinski definition) is 4. The lowest BCUT2D eigenvalue weighted by Gasteiger charge is -2.41. The van der Waals surface area contributed by atoms with Gasteiger partial charge in [-0.2, -0.15) is 0 Å². The molecule has 8 heteroatoms. The van der Waals surface area contributed by atoms with Crippen molar-refractivity contribution in [3.05, 3.63) is 54.1 Å². The molecule has 2 aliphatic rings. The summed E-state index contributed by atoms with van der Waals surface area (Å²) >= 11 is 0. The third-order valence-electron chi connectivity index (χ3n) is 6.07. The van der Waals surface area contributed by atoms with E-state index in [0.717, 1.165) is 56.7 Å². The number of amides is 1. The summed E-state index contributed by atoms with van der Waals surface area (Å²) in [4.78, 5) is 16.7. The van der Waals surface area contributed by atoms with E-state index >= 15 is 0 Å². The number of imidazole rings is 1. The summed E-state index contributed by atoms with van der Waals surface area (Å²) in [5.74, 6) is 2.52. The van der Waals surface area contributed by atoms with Gasteiger partial charge >= 0.3 is 0 Å². The third-order valence-corrected chi connectivity index (χ3v) is 6.07. The molecular formula is C22H33Cl2N5O. The van der Waals surface area contributed by atoms with Gasteiger partial charge in [-0.15, -0.1) is 24.8 Å². The van der Waals surface area contributed by atoms with Crippen LogP contribution in [0.4, 0.5) is 0 Å². The van der Waals surface area contributed by atoms with Crippen molar-refractivity contribution in [2.45, 2.75) is 44.8 Å². The number of halogens is 2. The van der Waals surface area contributed by atoms with Crippen LogP contribution in [0.25, 0.3) is 0 Å². The Labute approximate surface area is 191 Å². The Balaban J connectivity index is 0.00000160. The molecule has 1 aromatic carbocycles. The van der Waals surface area contributed by atoms with Crippen LogP contribution in [0.2, 0.25) is 0 Å². The van der Waals surface area contributed by atoms with Gasteiger partial charge in [0.1, 0.15) is 5.82 Å². The van der Waals surface area contributed by atoms with E-state index in [1.54, 1.807) is 6.20 Å². The van der Waals surface area contributed by atoms with Crippen LogP contribution in [0.5, 0.6) is 0 Å². The summed E-state index contributed by atoms with van der Waals surface area (Å²) in [6.45, 7) is 4.64. The number of fused-ring (bicyclic) bond motifs is 2. The second-order valence-electron chi connectivity index (χ2n) is 8.16. The first-order valence-corrected chi connectivity index (χ1v) is 10.5. The molecule has 166 valence electrons. The van der Waals surface area contributed by atoms with Crippen LogP contribution in [0.1, 0.15) is 37.1 Å². The zero-order valence-electron chi connectivity index (χ0n) is 17.3. The predicted molar refractivity (Wildman–Crippen MR) is 124 cm³/mol. The molecule has 0 radical (unpaired) electrons. The van der Waals surface area contributed by atoms with Gasteiger partial charge in [0.25, 0.3) is 0 Å². The molecule has 2 bridgehead atoms. The first-order chi connectivity index (χ1) is 13.8. The monoisotopic (exact) mass is 453 g/mol. The lowest BCUT2D eigenvalue weighted by molar-refractivity contribution is -0.121. The Hall–Kier alpha value is -1.60. The predicted octanol–water partition coefficient (Wildman–Crippen LogP) is 2.76. The molecule has 0 saturated carbocycles. The maximum absolute atomic E-state index is 12.3. The van der Waals surface area contributed by atoms with Crippen LogP contribution in [-0.4, -0.2) is 41.1 Å². The Bertz CT molecular complexity index is 770. The van der Waals surface area contributed by atoms with Gasteiger partial charge in [-0.25, -0.2) is 4.98 Å². The van der Waals surface area contributed by atoms with Crippen molar-refractivity contribution in [2.24, 2.45) is 11.8 Å². The lowest BCUT2D eigenvalue weighted by atomic mass is 9.80. The molecule has 3 N–H and O–H groups in total. The van der Waals surface area contributed by atoms with Crippen molar-refractivity contribution >= 4 is 30.7 Å². The number of benzene rings is 1. The molecule has 30 heavy (non-hydrogen) atoms. The summed E-state index contributed by atoms with van der Waals surface area (Å²) in [5, 5.41) is 10.3. The fraction of sp³-hybridized carbons (Fsp3) is 0.545. The third kappa shape index (κ3) is 6.71. The Morgan fingerprint density at radius 2 is 2.00 bits per heavy atom. The van der Waals surface area contributed by atoms with E-state index in [2.05, 4.69) is 37.6 Å². The molecule has 3 atom stereocenters. The molecular weight excluding hydrogens is 421 g/mol. The van der Waals surface area contributed by atoms with E-state index in [1.807, 2.05) is 24.4 Å². The van der Waals surface area contributed by atoms with Crippen molar-refractivity contribution in [3.8, 4) is 0 Å². The van der Waals surface area contributed by atoms with Crippen molar-refractivity contribution in [3.63, 3.8) is 0 Å². The highest BCUT2D eigenvalue weighted by Crippen LogP contribution is 2.26. The molecule has 1 amide bonds. The molecule has 2 fully saturated rings. The molecule has 4 rings (SSSR count). The summed E-state index contributed by atoms with van der Waals surface area (Å²) in [7, 11) is 0. The molecule has 1 aromatic heterocycles. The van der Waals surface area contributed by atoms with Crippen LogP contribution in [0.3, 0.4) is 0 Å². The minimum absolute atomic E-state index is 0. The number of nitrogens with one attached hydrogen (secondary N) is 3. The Kier molecular flexibility index (Phi) is 10.1. The van der Waals surface area contributed by atoms with E-state index in [-0.39, 0.29) is 30.7 Å². The van der Waals surface area contributed by atoms with Gasteiger partial charge in [-0.3, -0.25) is 4.79 Å². The summed E-state index contributed by atoms with van der Waals surface area (Å²) in [5.41, 5.74) is 1.23. The SMILES string of the molecule is Cl.Cl.O=C(CCC[C@@H]1NC[C@@H]2CNC[C@H]1C2)NCc1nccn1Cc1ccccc1. The molecule has 3 heterocycles. The second kappa shape index (κ2) is 12.3. The fourth-order valence-electron chi connectivity index (χ4n) is 4.53. The average molecular weight is 454 g/mol. The number of carbonyl (C=O) groups excluding carboxylic acids is 1. The van der Waals surface area contributed by atoms with Gasteiger partial charge in [0, 0.05) is 31.4 Å². The lowest BCUT2D eigenvalue weighted by Crippen LogP contribution is -2.54. The van der Waals surface area contributed by atoms with Crippen molar-refractivity contribution in [1.82, 2.24) is 25.5 Å². The smallest absolute Gasteiger partial charge is 0.220 e. The van der Waals surface area contributed by atoms with E-state index < -0.39 is 0 Å². The maximum Gasteiger partial charge on any atom is 0.220 e. The first-order valence-electron chi connectivity index (χ1n) is 10.5. The van der Waals surface area contributed by atoms with Gasteiger partial charge in [0.2, 0.25) is 5.91 Å². The standard InChI is InChI=1S/C22H31N5O.2ClH/c28-22(8-4-7-20-19-11-18(13-25-20)12-23-14-19)26-15-21-24-9-10-27(21)16-17-5-2-1-3-6-17;;/h1-3,5-6,9-10,18-20,23,25H,4,7-8,11-16H2,(H,26,28);2*1H/t18-,19+,20-;;/m0../s1. The molecule has 2 aromatic rings. The molecule has 2 aliphatic heterocycles. The van der Waals surface area contributed by atoms with E-state index in [1.165, 1.54) is 12.0 Å². The van der Waals surface area contributed by atoms with Crippen LogP contribution < -0.4 is 16.0 Å². The number of piperidine rings is 2. The van der Waals surface area contributed by atoms with Gasteiger partial charge in [0.15, 0.2) is 0 Å². The van der Waals surface area contributed by atoms with Crippen LogP contribution in [0, 0.1) is 11.8 Å². The second-order valence-corrected chi connectivity index (χ2v) is 8.16. The Morgan fingerprint density at radius 1 is 1.17 bits per heavy atom. The highest BCUT2D eigenvalue weighted by molar-refractivity contribution is 5.85. The molecule has 6 nitrogen and oxygen atoms in total.